The largest absolute Gasteiger partial charge is 0.497 e. The lowest BCUT2D eigenvalue weighted by atomic mass is 10.1. The Bertz CT molecular complexity index is 817. The fourth-order valence-corrected chi connectivity index (χ4v) is 1.78. The maximum Gasteiger partial charge on any atom is 0.121 e. The second-order valence-corrected chi connectivity index (χ2v) is 4.05. The molecule has 0 radical (unpaired) electrons. The Morgan fingerprint density at radius 1 is 1.63 bits per heavy atom. The average molecular weight is 267 g/mol. The van der Waals surface area contributed by atoms with E-state index in [1.807, 2.05) is 0 Å². The van der Waals surface area contributed by atoms with Crippen molar-refractivity contribution in [3.63, 3.8) is 0 Å². The number of hydrogen-bond acceptors (Lipinski definition) is 4. The van der Waals surface area contributed by atoms with Crippen molar-refractivity contribution < 1.29 is 15.7 Å². The highest BCUT2D eigenvalue weighted by atomic mass is 16.5. The van der Waals surface area contributed by atoms with Crippen molar-refractivity contribution in [3.05, 3.63) is 30.5 Å². The molecule has 1 aromatic carbocycles. The number of benzene rings is 1. The maximum atomic E-state index is 8.37. The van der Waals surface area contributed by atoms with Crippen molar-refractivity contribution in [2.45, 2.75) is 25.7 Å². The van der Waals surface area contributed by atoms with E-state index < -0.39 is 32.3 Å². The van der Waals surface area contributed by atoms with Gasteiger partial charge < -0.3 is 15.8 Å². The summed E-state index contributed by atoms with van der Waals surface area (Å²) in [6, 6.07) is 4.55. The van der Waals surface area contributed by atoms with E-state index in [1.165, 1.54) is 25.3 Å². The predicted molar refractivity (Wildman–Crippen MR) is 79.7 cm³/mol. The fraction of sp³-hybridized carbons (Fsp3) is 0.400. The van der Waals surface area contributed by atoms with Gasteiger partial charge in [-0.2, -0.15) is 0 Å². The molecule has 0 aliphatic heterocycles. The Labute approximate surface area is 125 Å². The average Bonchev–Trinajstić information content (AvgIpc) is 2.42. The SMILES string of the molecule is [2H]C(C)(CC([2H])([2H])C([2H])([2H])N)Nc1cc(OC([2H])([2H])[2H])cc2cccnc12. The second-order valence-electron chi connectivity index (χ2n) is 4.05. The molecule has 0 aliphatic rings. The number of ether oxygens (including phenoxy) is 1. The first-order valence-electron chi connectivity index (χ1n) is 9.75. The number of fused-ring (bicyclic) bond motifs is 1. The molecule has 1 heterocycles. The first-order chi connectivity index (χ1) is 12.1. The molecule has 1 unspecified atom stereocenters. The monoisotopic (exact) mass is 267 g/mol. The lowest BCUT2D eigenvalue weighted by Crippen LogP contribution is -2.17. The lowest BCUT2D eigenvalue weighted by molar-refractivity contribution is 0.415. The van der Waals surface area contributed by atoms with Crippen molar-refractivity contribution in [1.29, 1.82) is 0 Å². The van der Waals surface area contributed by atoms with Crippen LogP contribution < -0.4 is 15.8 Å². The summed E-state index contributed by atoms with van der Waals surface area (Å²) in [5.74, 6) is 0.0333. The molecule has 0 spiro atoms. The molecule has 3 N–H and O–H groups in total. The fourth-order valence-electron chi connectivity index (χ4n) is 1.78. The molecule has 0 aliphatic carbocycles. The van der Waals surface area contributed by atoms with E-state index in [9.17, 15) is 0 Å². The highest BCUT2D eigenvalue weighted by Crippen LogP contribution is 2.28. The van der Waals surface area contributed by atoms with Gasteiger partial charge in [0.2, 0.25) is 0 Å². The number of nitrogens with one attached hydrogen (secondary N) is 1. The smallest absolute Gasteiger partial charge is 0.121 e. The summed E-state index contributed by atoms with van der Waals surface area (Å²) in [5.41, 5.74) is 5.95. The van der Waals surface area contributed by atoms with E-state index in [1.54, 1.807) is 12.1 Å². The minimum absolute atomic E-state index is 0.0333. The topological polar surface area (TPSA) is 60.2 Å². The molecule has 0 saturated heterocycles. The summed E-state index contributed by atoms with van der Waals surface area (Å²) in [6.45, 7) is -1.27. The third kappa shape index (κ3) is 3.35. The van der Waals surface area contributed by atoms with E-state index in [0.29, 0.717) is 10.9 Å². The van der Waals surface area contributed by atoms with E-state index in [2.05, 4.69) is 10.3 Å². The van der Waals surface area contributed by atoms with Crippen LogP contribution in [0, 0.1) is 0 Å². The first-order valence-corrected chi connectivity index (χ1v) is 5.75. The predicted octanol–water partition coefficient (Wildman–Crippen LogP) is 2.78. The number of hydrogen-bond donors (Lipinski definition) is 2. The number of aromatic nitrogens is 1. The van der Waals surface area contributed by atoms with Gasteiger partial charge in [0.05, 0.1) is 23.7 Å². The second kappa shape index (κ2) is 6.38. The van der Waals surface area contributed by atoms with Crippen LogP contribution in [0.15, 0.2) is 30.5 Å². The molecule has 0 fully saturated rings. The molecule has 19 heavy (non-hydrogen) atoms. The van der Waals surface area contributed by atoms with Gasteiger partial charge >= 0.3 is 0 Å². The van der Waals surface area contributed by atoms with Crippen LogP contribution in [0.4, 0.5) is 5.69 Å². The molecule has 4 nitrogen and oxygen atoms in total. The first kappa shape index (κ1) is 6.57. The third-order valence-corrected chi connectivity index (χ3v) is 2.60. The zero-order valence-electron chi connectivity index (χ0n) is 18.5. The normalized spacial score (nSPS) is 22.4. The van der Waals surface area contributed by atoms with E-state index >= 15 is 0 Å². The van der Waals surface area contributed by atoms with Gasteiger partial charge in [-0.15, -0.1) is 0 Å². The van der Waals surface area contributed by atoms with Crippen LogP contribution in [0.3, 0.4) is 0 Å². The zero-order valence-corrected chi connectivity index (χ0v) is 10.5. The van der Waals surface area contributed by atoms with Crippen LogP contribution in [0.1, 0.15) is 30.7 Å². The summed E-state index contributed by atoms with van der Waals surface area (Å²) in [7, 11) is -2.66. The number of rotatable bonds is 6. The maximum absolute atomic E-state index is 8.37. The van der Waals surface area contributed by atoms with Crippen molar-refractivity contribution in [2.75, 3.05) is 18.9 Å². The van der Waals surface area contributed by atoms with Gasteiger partial charge in [-0.05, 0) is 38.3 Å². The molecule has 1 aromatic heterocycles. The molecule has 2 aromatic rings. The number of nitrogens with two attached hydrogens (primary N) is 1. The Morgan fingerprint density at radius 3 is 3.32 bits per heavy atom. The number of pyridine rings is 1. The van der Waals surface area contributed by atoms with Gasteiger partial charge in [-0.1, -0.05) is 6.07 Å². The quantitative estimate of drug-likeness (QED) is 0.845. The Hall–Kier alpha value is -1.81. The Kier molecular flexibility index (Phi) is 2.21. The van der Waals surface area contributed by atoms with E-state index in [4.69, 9.17) is 21.4 Å². The summed E-state index contributed by atoms with van der Waals surface area (Å²) in [6.07, 6.45) is -1.52. The molecular weight excluding hydrogens is 238 g/mol. The van der Waals surface area contributed by atoms with Crippen LogP contribution in [0.5, 0.6) is 5.75 Å². The molecule has 102 valence electrons. The standard InChI is InChI=1S/C15H21N3O/c1-11(5-3-7-16)18-14-10-13(19-2)9-12-6-4-8-17-15(12)14/h4,6,8-11,18H,3,5,7,16H2,1-2H3/i2D3,3D2,7D2,11D. The summed E-state index contributed by atoms with van der Waals surface area (Å²) >= 11 is 0. The highest BCUT2D eigenvalue weighted by Gasteiger charge is 2.08. The Morgan fingerprint density at radius 2 is 2.53 bits per heavy atom. The van der Waals surface area contributed by atoms with Crippen LogP contribution in [-0.2, 0) is 0 Å². The van der Waals surface area contributed by atoms with Gasteiger partial charge in [0.15, 0.2) is 0 Å². The van der Waals surface area contributed by atoms with E-state index in [0.717, 1.165) is 0 Å². The third-order valence-electron chi connectivity index (χ3n) is 2.60. The molecule has 0 saturated carbocycles. The molecular formula is C15H21N3O. The van der Waals surface area contributed by atoms with Crippen LogP contribution >= 0.6 is 0 Å². The van der Waals surface area contributed by atoms with Crippen molar-refractivity contribution in [3.8, 4) is 5.75 Å². The van der Waals surface area contributed by atoms with Crippen molar-refractivity contribution in [1.82, 2.24) is 4.98 Å². The van der Waals surface area contributed by atoms with Crippen LogP contribution in [0.25, 0.3) is 10.9 Å². The summed E-state index contributed by atoms with van der Waals surface area (Å²) < 4.78 is 65.5. The molecule has 0 amide bonds. The van der Waals surface area contributed by atoms with Crippen molar-refractivity contribution in [2.24, 2.45) is 5.73 Å². The van der Waals surface area contributed by atoms with Crippen LogP contribution in [-0.4, -0.2) is 24.5 Å². The lowest BCUT2D eigenvalue weighted by Gasteiger charge is -2.17. The van der Waals surface area contributed by atoms with Gasteiger partial charge in [0.1, 0.15) is 5.75 Å². The molecule has 1 atom stereocenters. The van der Waals surface area contributed by atoms with Gasteiger partial charge in [0, 0.05) is 29.2 Å². The van der Waals surface area contributed by atoms with Crippen LogP contribution in [0.2, 0.25) is 0 Å². The van der Waals surface area contributed by atoms with Crippen molar-refractivity contribution >= 4 is 16.6 Å². The number of anilines is 1. The minimum Gasteiger partial charge on any atom is -0.497 e. The molecule has 0 bridgehead atoms. The summed E-state index contributed by atoms with van der Waals surface area (Å²) in [4.78, 5) is 4.21. The van der Waals surface area contributed by atoms with E-state index in [-0.39, 0.29) is 11.4 Å². The Balaban J connectivity index is 2.42. The van der Waals surface area contributed by atoms with Gasteiger partial charge in [0.25, 0.3) is 0 Å². The molecule has 2 rings (SSSR count). The summed E-state index contributed by atoms with van der Waals surface area (Å²) in [5, 5.41) is 3.36. The zero-order chi connectivity index (χ0) is 20.7. The van der Waals surface area contributed by atoms with Gasteiger partial charge in [-0.25, -0.2) is 0 Å². The van der Waals surface area contributed by atoms with Gasteiger partial charge in [-0.3, -0.25) is 4.98 Å². The molecule has 4 heteroatoms. The number of nitrogens with zero attached hydrogens (tertiary/aromatic N) is 1. The number of methoxy groups -OCH3 is 1. The highest BCUT2D eigenvalue weighted by molar-refractivity contribution is 5.91. The minimum atomic E-state index is -2.66.